The second-order valence-electron chi connectivity index (χ2n) is 7.04. The number of methoxy groups -OCH3 is 1. The number of hydrogen-bond donors (Lipinski definition) is 0. The number of rotatable bonds is 8. The Morgan fingerprint density at radius 3 is 2.90 bits per heavy atom. The number of carbonyl (C=O) groups excluding carboxylic acids is 1. The molecule has 1 aliphatic heterocycles. The quantitative estimate of drug-likeness (QED) is 0.586. The predicted octanol–water partition coefficient (Wildman–Crippen LogP) is 0.194. The van der Waals surface area contributed by atoms with Gasteiger partial charge in [0.25, 0.3) is 15.9 Å². The van der Waals surface area contributed by atoms with Gasteiger partial charge in [-0.15, -0.1) is 0 Å². The van der Waals surface area contributed by atoms with Gasteiger partial charge in [-0.25, -0.2) is 13.4 Å². The fourth-order valence-corrected chi connectivity index (χ4v) is 4.92. The maximum absolute atomic E-state index is 12.9. The molecule has 1 amide bonds. The Kier molecular flexibility index (Phi) is 6.65. The Hall–Kier alpha value is -2.31. The summed E-state index contributed by atoms with van der Waals surface area (Å²) in [6.45, 7) is 2.74. The summed E-state index contributed by atoms with van der Waals surface area (Å²) in [4.78, 5) is 22.1. The van der Waals surface area contributed by atoms with Gasteiger partial charge in [0.2, 0.25) is 5.91 Å². The van der Waals surface area contributed by atoms with Gasteiger partial charge in [0.1, 0.15) is 6.61 Å². The molecule has 1 atom stereocenters. The maximum Gasteiger partial charge on any atom is 0.262 e. The largest absolute Gasteiger partial charge is 0.375 e. The molecule has 0 aromatic carbocycles. The van der Waals surface area contributed by atoms with Crippen LogP contribution < -0.4 is 0 Å². The molecule has 3 rings (SSSR count). The molecule has 1 unspecified atom stereocenters. The SMILES string of the molecule is COCc1nc(CCN(C(C)=O)C2CCCN(S(=O)(=O)c3cn(C)cn3)C2)no1. The lowest BCUT2D eigenvalue weighted by Gasteiger charge is -2.38. The fraction of sp³-hybridized carbons (Fsp3) is 0.647. The molecule has 0 N–H and O–H groups in total. The number of amides is 1. The maximum atomic E-state index is 12.9. The lowest BCUT2D eigenvalue weighted by Crippen LogP contribution is -2.51. The van der Waals surface area contributed by atoms with Gasteiger partial charge in [-0.3, -0.25) is 4.79 Å². The highest BCUT2D eigenvalue weighted by molar-refractivity contribution is 7.89. The first-order chi connectivity index (χ1) is 13.8. The molecule has 1 aliphatic rings. The van der Waals surface area contributed by atoms with Crippen LogP contribution in [0.1, 0.15) is 31.5 Å². The van der Waals surface area contributed by atoms with E-state index in [4.69, 9.17) is 9.26 Å². The van der Waals surface area contributed by atoms with Crippen LogP contribution in [0.4, 0.5) is 0 Å². The van der Waals surface area contributed by atoms with E-state index in [9.17, 15) is 13.2 Å². The van der Waals surface area contributed by atoms with Gasteiger partial charge >= 0.3 is 0 Å². The topological polar surface area (TPSA) is 124 Å². The molecule has 1 saturated heterocycles. The fourth-order valence-electron chi connectivity index (χ4n) is 3.44. The molecule has 12 heteroatoms. The lowest BCUT2D eigenvalue weighted by atomic mass is 10.1. The third-order valence-corrected chi connectivity index (χ3v) is 6.60. The first-order valence-corrected chi connectivity index (χ1v) is 10.8. The minimum atomic E-state index is -3.69. The standard InChI is InChI=1S/C17H26N6O5S/c1-13(24)23(8-6-15-19-16(11-27-3)28-20-15)14-5-4-7-22(9-14)29(25,26)17-10-21(2)12-18-17/h10,12,14H,4-9,11H2,1-3H3. The van der Waals surface area contributed by atoms with Crippen LogP contribution in [0.3, 0.4) is 0 Å². The predicted molar refractivity (Wildman–Crippen MR) is 101 cm³/mol. The van der Waals surface area contributed by atoms with Crippen molar-refractivity contribution in [3.63, 3.8) is 0 Å². The molecule has 11 nitrogen and oxygen atoms in total. The van der Waals surface area contributed by atoms with Crippen molar-refractivity contribution in [3.05, 3.63) is 24.2 Å². The van der Waals surface area contributed by atoms with Gasteiger partial charge < -0.3 is 18.7 Å². The van der Waals surface area contributed by atoms with Gasteiger partial charge in [-0.1, -0.05) is 5.16 Å². The Balaban J connectivity index is 1.68. The molecule has 0 bridgehead atoms. The third kappa shape index (κ3) is 5.00. The van der Waals surface area contributed by atoms with Crippen LogP contribution in [-0.2, 0) is 39.6 Å². The number of hydrogen-bond acceptors (Lipinski definition) is 8. The summed E-state index contributed by atoms with van der Waals surface area (Å²) in [7, 11) is -0.436. The van der Waals surface area contributed by atoms with E-state index in [2.05, 4.69) is 15.1 Å². The minimum Gasteiger partial charge on any atom is -0.375 e. The highest BCUT2D eigenvalue weighted by Crippen LogP contribution is 2.22. The van der Waals surface area contributed by atoms with Crippen molar-refractivity contribution >= 4 is 15.9 Å². The van der Waals surface area contributed by atoms with Gasteiger partial charge in [0.05, 0.1) is 6.33 Å². The first kappa shape index (κ1) is 21.4. The highest BCUT2D eigenvalue weighted by atomic mass is 32.2. The van der Waals surface area contributed by atoms with Crippen molar-refractivity contribution in [1.82, 2.24) is 28.9 Å². The Morgan fingerprint density at radius 1 is 1.45 bits per heavy atom. The van der Waals surface area contributed by atoms with Crippen LogP contribution in [0.25, 0.3) is 0 Å². The summed E-state index contributed by atoms with van der Waals surface area (Å²) in [5, 5.41) is 3.91. The zero-order chi connectivity index (χ0) is 21.0. The van der Waals surface area contributed by atoms with Gasteiger partial charge in [0.15, 0.2) is 10.9 Å². The smallest absolute Gasteiger partial charge is 0.262 e. The molecule has 29 heavy (non-hydrogen) atoms. The van der Waals surface area contributed by atoms with Crippen LogP contribution in [0.15, 0.2) is 22.1 Å². The second-order valence-corrected chi connectivity index (χ2v) is 8.92. The Bertz CT molecular complexity index is 940. The summed E-state index contributed by atoms with van der Waals surface area (Å²) >= 11 is 0. The number of nitrogens with zero attached hydrogens (tertiary/aromatic N) is 6. The molecule has 2 aromatic rings. The molecule has 0 spiro atoms. The Morgan fingerprint density at radius 2 is 2.24 bits per heavy atom. The van der Waals surface area contributed by atoms with Crippen LogP contribution in [0.2, 0.25) is 0 Å². The second kappa shape index (κ2) is 9.01. The van der Waals surface area contributed by atoms with Crippen molar-refractivity contribution in [2.24, 2.45) is 7.05 Å². The van der Waals surface area contributed by atoms with Crippen molar-refractivity contribution < 1.29 is 22.5 Å². The van der Waals surface area contributed by atoms with Gasteiger partial charge in [0, 0.05) is 59.4 Å². The average molecular weight is 426 g/mol. The van der Waals surface area contributed by atoms with Crippen LogP contribution >= 0.6 is 0 Å². The Labute approximate surface area is 169 Å². The van der Waals surface area contributed by atoms with Crippen molar-refractivity contribution in [3.8, 4) is 0 Å². The van der Waals surface area contributed by atoms with Gasteiger partial charge in [-0.05, 0) is 12.8 Å². The van der Waals surface area contributed by atoms with Crippen molar-refractivity contribution in [1.29, 1.82) is 0 Å². The van der Waals surface area contributed by atoms with E-state index in [1.54, 1.807) is 16.5 Å². The van der Waals surface area contributed by atoms with E-state index < -0.39 is 10.0 Å². The van der Waals surface area contributed by atoms with Crippen molar-refractivity contribution in [2.45, 2.75) is 43.9 Å². The van der Waals surface area contributed by atoms with E-state index >= 15 is 0 Å². The zero-order valence-electron chi connectivity index (χ0n) is 16.8. The van der Waals surface area contributed by atoms with Crippen LogP contribution in [-0.4, -0.2) is 76.0 Å². The average Bonchev–Trinajstić information content (AvgIpc) is 3.31. The normalized spacial score (nSPS) is 18.1. The molecular weight excluding hydrogens is 400 g/mol. The summed E-state index contributed by atoms with van der Waals surface area (Å²) in [5.41, 5.74) is 0. The molecule has 0 radical (unpaired) electrons. The van der Waals surface area contributed by atoms with E-state index in [0.717, 1.165) is 6.42 Å². The number of aromatic nitrogens is 4. The highest BCUT2D eigenvalue weighted by Gasteiger charge is 2.34. The lowest BCUT2D eigenvalue weighted by molar-refractivity contribution is -0.131. The van der Waals surface area contributed by atoms with Crippen LogP contribution in [0, 0.1) is 0 Å². The molecular formula is C17H26N6O5S. The van der Waals surface area contributed by atoms with E-state index in [0.29, 0.717) is 37.6 Å². The summed E-state index contributed by atoms with van der Waals surface area (Å²) in [6, 6.07) is -0.218. The molecule has 3 heterocycles. The van der Waals surface area contributed by atoms with E-state index in [1.165, 1.54) is 30.9 Å². The number of imidazole rings is 1. The van der Waals surface area contributed by atoms with Crippen molar-refractivity contribution in [2.75, 3.05) is 26.7 Å². The summed E-state index contributed by atoms with van der Waals surface area (Å²) in [5.74, 6) is 0.743. The number of piperidine rings is 1. The van der Waals surface area contributed by atoms with E-state index in [-0.39, 0.29) is 30.1 Å². The molecule has 160 valence electrons. The number of aryl methyl sites for hydroxylation is 1. The zero-order valence-corrected chi connectivity index (χ0v) is 17.6. The monoisotopic (exact) mass is 426 g/mol. The van der Waals surface area contributed by atoms with Gasteiger partial charge in [-0.2, -0.15) is 9.29 Å². The number of sulfonamides is 1. The molecule has 0 saturated carbocycles. The molecule has 1 fully saturated rings. The summed E-state index contributed by atoms with van der Waals surface area (Å²) < 4.78 is 38.8. The van der Waals surface area contributed by atoms with Crippen LogP contribution in [0.5, 0.6) is 0 Å². The summed E-state index contributed by atoms with van der Waals surface area (Å²) in [6.07, 6.45) is 4.75. The third-order valence-electron chi connectivity index (χ3n) is 4.84. The number of ether oxygens (including phenoxy) is 1. The number of carbonyl (C=O) groups is 1. The molecule has 0 aliphatic carbocycles. The molecule has 2 aromatic heterocycles. The first-order valence-electron chi connectivity index (χ1n) is 9.37. The minimum absolute atomic E-state index is 0.0208. The van der Waals surface area contributed by atoms with E-state index in [1.807, 2.05) is 0 Å².